The van der Waals surface area contributed by atoms with Crippen molar-refractivity contribution < 1.29 is 14.3 Å². The van der Waals surface area contributed by atoms with Gasteiger partial charge in [-0.1, -0.05) is 18.5 Å². The van der Waals surface area contributed by atoms with E-state index in [1.54, 1.807) is 32.0 Å². The van der Waals surface area contributed by atoms with Crippen LogP contribution in [0.3, 0.4) is 0 Å². The van der Waals surface area contributed by atoms with Crippen molar-refractivity contribution in [3.05, 3.63) is 23.2 Å². The quantitative estimate of drug-likeness (QED) is 0.845. The van der Waals surface area contributed by atoms with Crippen LogP contribution in [0.4, 0.5) is 11.6 Å². The second-order valence-corrected chi connectivity index (χ2v) is 5.08. The van der Waals surface area contributed by atoms with Crippen LogP contribution in [0.2, 0.25) is 5.02 Å². The molecule has 0 unspecified atom stereocenters. The number of hydrogen-bond acceptors (Lipinski definition) is 5. The summed E-state index contributed by atoms with van der Waals surface area (Å²) in [5.74, 6) is -0.259. The van der Waals surface area contributed by atoms with Crippen molar-refractivity contribution in [1.82, 2.24) is 9.97 Å². The highest BCUT2D eigenvalue weighted by molar-refractivity contribution is 6.31. The molecule has 8 heteroatoms. The Morgan fingerprint density at radius 2 is 1.74 bits per heavy atom. The number of rotatable bonds is 6. The van der Waals surface area contributed by atoms with E-state index >= 15 is 0 Å². The maximum atomic E-state index is 11.8. The maximum absolute atomic E-state index is 11.8. The van der Waals surface area contributed by atoms with Crippen molar-refractivity contribution in [1.29, 1.82) is 0 Å². The first kappa shape index (κ1) is 17.1. The molecule has 1 heterocycles. The van der Waals surface area contributed by atoms with E-state index in [-0.39, 0.29) is 36.5 Å². The first-order valence-corrected chi connectivity index (χ1v) is 7.56. The Morgan fingerprint density at radius 3 is 2.39 bits per heavy atom. The minimum Gasteiger partial charge on any atom is -0.372 e. The number of anilines is 2. The molecule has 0 radical (unpaired) electrons. The Kier molecular flexibility index (Phi) is 5.84. The van der Waals surface area contributed by atoms with Gasteiger partial charge in [-0.25, -0.2) is 9.97 Å². The van der Waals surface area contributed by atoms with Crippen LogP contribution >= 0.6 is 11.6 Å². The summed E-state index contributed by atoms with van der Waals surface area (Å²) in [6, 6.07) is 5.00. The number of halogens is 1. The molecule has 122 valence electrons. The van der Waals surface area contributed by atoms with E-state index in [1.807, 2.05) is 0 Å². The van der Waals surface area contributed by atoms with E-state index in [0.717, 1.165) is 0 Å². The Hall–Kier alpha value is -2.25. The van der Waals surface area contributed by atoms with Crippen LogP contribution in [0, 0.1) is 0 Å². The number of carbonyl (C=O) groups is 2. The summed E-state index contributed by atoms with van der Waals surface area (Å²) in [5, 5.41) is 5.73. The van der Waals surface area contributed by atoms with E-state index in [1.165, 1.54) is 0 Å². The van der Waals surface area contributed by atoms with E-state index in [9.17, 15) is 9.59 Å². The van der Waals surface area contributed by atoms with Crippen LogP contribution in [-0.4, -0.2) is 35.0 Å². The fourth-order valence-corrected chi connectivity index (χ4v) is 1.95. The minimum absolute atomic E-state index is 0.0992. The Labute approximate surface area is 138 Å². The van der Waals surface area contributed by atoms with Gasteiger partial charge in [-0.3, -0.25) is 9.59 Å². The normalized spacial score (nSPS) is 10.6. The van der Waals surface area contributed by atoms with Crippen molar-refractivity contribution in [3.63, 3.8) is 0 Å². The van der Waals surface area contributed by atoms with Gasteiger partial charge in [-0.2, -0.15) is 0 Å². The predicted octanol–water partition coefficient (Wildman–Crippen LogP) is 2.61. The van der Waals surface area contributed by atoms with Gasteiger partial charge in [-0.15, -0.1) is 0 Å². The molecule has 0 atom stereocenters. The van der Waals surface area contributed by atoms with Crippen LogP contribution in [0.25, 0.3) is 11.0 Å². The number of fused-ring (bicyclic) bond motifs is 1. The third kappa shape index (κ3) is 4.61. The number of nitrogens with one attached hydrogen (secondary N) is 2. The topological polar surface area (TPSA) is 93.2 Å². The first-order chi connectivity index (χ1) is 11.0. The van der Waals surface area contributed by atoms with Crippen molar-refractivity contribution in [3.8, 4) is 0 Å². The van der Waals surface area contributed by atoms with Gasteiger partial charge in [0.1, 0.15) is 6.61 Å². The molecule has 0 bridgehead atoms. The van der Waals surface area contributed by atoms with Crippen molar-refractivity contribution >= 4 is 46.1 Å². The summed E-state index contributed by atoms with van der Waals surface area (Å²) in [7, 11) is 0. The number of nitrogens with zero attached hydrogens (tertiary/aromatic N) is 2. The molecule has 0 saturated carbocycles. The third-order valence-electron chi connectivity index (χ3n) is 2.90. The van der Waals surface area contributed by atoms with Gasteiger partial charge in [-0.05, 0) is 25.1 Å². The molecule has 0 aliphatic carbocycles. The number of aromatic nitrogens is 2. The molecule has 0 spiro atoms. The smallest absolute Gasteiger partial charge is 0.251 e. The zero-order chi connectivity index (χ0) is 16.8. The molecular weight excluding hydrogens is 320 g/mol. The molecule has 0 saturated heterocycles. The molecule has 1 aromatic heterocycles. The second-order valence-electron chi connectivity index (χ2n) is 4.64. The second kappa shape index (κ2) is 7.85. The molecule has 2 aromatic rings. The molecule has 0 aliphatic heterocycles. The summed E-state index contributed by atoms with van der Waals surface area (Å²) in [6.45, 7) is 3.83. The lowest BCUT2D eigenvalue weighted by Gasteiger charge is -2.11. The van der Waals surface area contributed by atoms with Crippen LogP contribution in [0.5, 0.6) is 0 Å². The summed E-state index contributed by atoms with van der Waals surface area (Å²) >= 11 is 5.94. The zero-order valence-corrected chi connectivity index (χ0v) is 13.6. The van der Waals surface area contributed by atoms with E-state index in [4.69, 9.17) is 16.3 Å². The van der Waals surface area contributed by atoms with Gasteiger partial charge in [0.15, 0.2) is 11.6 Å². The Balaban J connectivity index is 2.38. The highest BCUT2D eigenvalue weighted by Crippen LogP contribution is 2.23. The molecule has 1 aromatic carbocycles. The van der Waals surface area contributed by atoms with Crippen molar-refractivity contribution in [2.45, 2.75) is 20.3 Å². The zero-order valence-electron chi connectivity index (χ0n) is 12.9. The summed E-state index contributed by atoms with van der Waals surface area (Å²) < 4.78 is 5.05. The van der Waals surface area contributed by atoms with Crippen LogP contribution in [0.1, 0.15) is 20.3 Å². The van der Waals surface area contributed by atoms with E-state index in [2.05, 4.69) is 20.6 Å². The fourth-order valence-electron chi connectivity index (χ4n) is 1.79. The van der Waals surface area contributed by atoms with Gasteiger partial charge in [0.05, 0.1) is 11.0 Å². The largest absolute Gasteiger partial charge is 0.372 e. The summed E-state index contributed by atoms with van der Waals surface area (Å²) in [5.41, 5.74) is 1.07. The van der Waals surface area contributed by atoms with E-state index < -0.39 is 0 Å². The van der Waals surface area contributed by atoms with Crippen molar-refractivity contribution in [2.75, 3.05) is 23.8 Å². The summed E-state index contributed by atoms with van der Waals surface area (Å²) in [6.07, 6.45) is 0.279. The number of hydrogen-bond donors (Lipinski definition) is 2. The average Bonchev–Trinajstić information content (AvgIpc) is 2.53. The third-order valence-corrected chi connectivity index (χ3v) is 3.14. The molecule has 23 heavy (non-hydrogen) atoms. The maximum Gasteiger partial charge on any atom is 0.251 e. The fraction of sp³-hybridized carbons (Fsp3) is 0.333. The monoisotopic (exact) mass is 336 g/mol. The lowest BCUT2D eigenvalue weighted by Crippen LogP contribution is -2.21. The van der Waals surface area contributed by atoms with Crippen LogP contribution in [0.15, 0.2) is 18.2 Å². The van der Waals surface area contributed by atoms with Gasteiger partial charge in [0.2, 0.25) is 5.91 Å². The molecule has 7 nitrogen and oxygen atoms in total. The highest BCUT2D eigenvalue weighted by Gasteiger charge is 2.14. The number of benzene rings is 1. The number of carbonyl (C=O) groups excluding carboxylic acids is 2. The average molecular weight is 337 g/mol. The Bertz CT molecular complexity index is 736. The molecule has 2 N–H and O–H groups in total. The SMILES string of the molecule is CCOCC(=O)Nc1nc2ccc(Cl)cc2nc1NC(=O)CC. The van der Waals surface area contributed by atoms with Crippen molar-refractivity contribution in [2.24, 2.45) is 0 Å². The minimum atomic E-state index is -0.374. The standard InChI is InChI=1S/C15H17ClN4O3/c1-3-12(21)19-15-14(20-13(22)8-23-4-2)17-10-6-5-9(16)7-11(10)18-15/h5-7H,3-4,8H2,1-2H3,(H,17,20,22)(H,18,19,21). The van der Waals surface area contributed by atoms with Gasteiger partial charge in [0, 0.05) is 18.1 Å². The van der Waals surface area contributed by atoms with Crippen LogP contribution in [-0.2, 0) is 14.3 Å². The highest BCUT2D eigenvalue weighted by atomic mass is 35.5. The van der Waals surface area contributed by atoms with Gasteiger partial charge < -0.3 is 15.4 Å². The summed E-state index contributed by atoms with van der Waals surface area (Å²) in [4.78, 5) is 32.1. The van der Waals surface area contributed by atoms with Crippen LogP contribution < -0.4 is 10.6 Å². The first-order valence-electron chi connectivity index (χ1n) is 7.18. The molecule has 2 amide bonds. The molecule has 2 rings (SSSR count). The molecule has 0 aliphatic rings. The molecular formula is C15H17ClN4O3. The van der Waals surface area contributed by atoms with Gasteiger partial charge >= 0.3 is 0 Å². The van der Waals surface area contributed by atoms with Gasteiger partial charge in [0.25, 0.3) is 5.91 Å². The van der Waals surface area contributed by atoms with E-state index in [0.29, 0.717) is 22.7 Å². The molecule has 0 fully saturated rings. The predicted molar refractivity (Wildman–Crippen MR) is 88.6 cm³/mol. The lowest BCUT2D eigenvalue weighted by molar-refractivity contribution is -0.120. The Morgan fingerprint density at radius 1 is 1.09 bits per heavy atom. The number of amides is 2. The lowest BCUT2D eigenvalue weighted by atomic mass is 10.3. The number of ether oxygens (including phenoxy) is 1.